The first-order valence-corrected chi connectivity index (χ1v) is 18.8. The predicted molar refractivity (Wildman–Crippen MR) is 221 cm³/mol. The fourth-order valence-electron chi connectivity index (χ4n) is 7.90. The molecule has 4 heterocycles. The van der Waals surface area contributed by atoms with Crippen LogP contribution in [0.3, 0.4) is 0 Å². The van der Waals surface area contributed by atoms with Gasteiger partial charge in [0.2, 0.25) is 0 Å². The van der Waals surface area contributed by atoms with Crippen molar-refractivity contribution in [3.05, 3.63) is 170 Å². The van der Waals surface area contributed by atoms with Gasteiger partial charge in [-0.3, -0.25) is 0 Å². The van der Waals surface area contributed by atoms with Crippen LogP contribution in [0.5, 0.6) is 0 Å². The monoisotopic (exact) mass is 684 g/mol. The molecule has 0 N–H and O–H groups in total. The molecule has 7 aromatic carbocycles. The van der Waals surface area contributed by atoms with Crippen LogP contribution in [0.4, 0.5) is 0 Å². The van der Waals surface area contributed by atoms with Crippen molar-refractivity contribution >= 4 is 84.8 Å². The van der Waals surface area contributed by atoms with Crippen LogP contribution in [0.25, 0.3) is 101 Å². The number of para-hydroxylation sites is 1. The Morgan fingerprint density at radius 3 is 1.92 bits per heavy atom. The van der Waals surface area contributed by atoms with Crippen LogP contribution in [-0.2, 0) is 0 Å². The highest BCUT2D eigenvalue weighted by molar-refractivity contribution is 7.26. The number of thiophene rings is 2. The van der Waals surface area contributed by atoms with Gasteiger partial charge in [-0.2, -0.15) is 0 Å². The fourth-order valence-corrected chi connectivity index (χ4v) is 10.2. The Labute approximate surface area is 302 Å². The van der Waals surface area contributed by atoms with Gasteiger partial charge in [0.15, 0.2) is 0 Å². The van der Waals surface area contributed by atoms with Crippen molar-refractivity contribution < 1.29 is 0 Å². The number of hydrogen-bond donors (Lipinski definition) is 0. The van der Waals surface area contributed by atoms with Crippen molar-refractivity contribution in [2.45, 2.75) is 0 Å². The molecule has 0 radical (unpaired) electrons. The van der Waals surface area contributed by atoms with Crippen LogP contribution in [0.1, 0.15) is 0 Å². The molecule has 0 saturated carbocycles. The van der Waals surface area contributed by atoms with E-state index in [1.807, 2.05) is 22.7 Å². The van der Waals surface area contributed by atoms with E-state index < -0.39 is 0 Å². The van der Waals surface area contributed by atoms with Gasteiger partial charge in [0.05, 0.1) is 22.4 Å². The summed E-state index contributed by atoms with van der Waals surface area (Å²) in [5.74, 6) is 0. The van der Waals surface area contributed by atoms with Crippen molar-refractivity contribution in [3.8, 4) is 39.3 Å². The summed E-state index contributed by atoms with van der Waals surface area (Å²) in [6.45, 7) is 0. The smallest absolute Gasteiger partial charge is 0.0730 e. The quantitative estimate of drug-likeness (QED) is 0.180. The first-order chi connectivity index (χ1) is 25.3. The zero-order valence-corrected chi connectivity index (χ0v) is 29.0. The number of hydrogen-bond acceptors (Lipinski definition) is 3. The lowest BCUT2D eigenvalue weighted by Crippen LogP contribution is -1.95. The zero-order valence-electron chi connectivity index (χ0n) is 27.4. The number of aromatic nitrogens is 2. The van der Waals surface area contributed by atoms with Crippen LogP contribution >= 0.6 is 22.7 Å². The van der Waals surface area contributed by atoms with E-state index in [1.165, 1.54) is 73.3 Å². The molecular weight excluding hydrogens is 657 g/mol. The minimum absolute atomic E-state index is 0.963. The summed E-state index contributed by atoms with van der Waals surface area (Å²) in [5.41, 5.74) is 10.1. The summed E-state index contributed by atoms with van der Waals surface area (Å²) in [6.07, 6.45) is 0. The van der Waals surface area contributed by atoms with E-state index in [2.05, 4.69) is 174 Å². The molecule has 0 fully saturated rings. The lowest BCUT2D eigenvalue weighted by atomic mass is 9.99. The zero-order chi connectivity index (χ0) is 33.5. The number of fused-ring (bicyclic) bond motifs is 10. The molecule has 11 aromatic rings. The third-order valence-electron chi connectivity index (χ3n) is 10.2. The summed E-state index contributed by atoms with van der Waals surface area (Å²) < 4.78 is 7.65. The Balaban J connectivity index is 1.09. The Bertz CT molecular complexity index is 3130. The van der Waals surface area contributed by atoms with Crippen LogP contribution in [0.15, 0.2) is 170 Å². The molecule has 238 valence electrons. The molecule has 0 unspecified atom stereocenters. The van der Waals surface area contributed by atoms with Crippen molar-refractivity contribution in [2.75, 3.05) is 0 Å². The highest BCUT2D eigenvalue weighted by Crippen LogP contribution is 2.44. The van der Waals surface area contributed by atoms with Crippen molar-refractivity contribution in [2.24, 2.45) is 0 Å². The fraction of sp³-hybridized carbons (Fsp3) is 0. The molecule has 0 atom stereocenters. The molecule has 0 spiro atoms. The Hall–Kier alpha value is -6.07. The van der Waals surface area contributed by atoms with E-state index >= 15 is 0 Å². The molecule has 51 heavy (non-hydrogen) atoms. The maximum atomic E-state index is 5.37. The molecule has 11 rings (SSSR count). The summed E-state index contributed by atoms with van der Waals surface area (Å²) in [4.78, 5) is 5.37. The van der Waals surface area contributed by atoms with Crippen LogP contribution in [-0.4, -0.2) is 9.55 Å². The topological polar surface area (TPSA) is 17.8 Å². The van der Waals surface area contributed by atoms with E-state index in [0.29, 0.717) is 0 Å². The third kappa shape index (κ3) is 4.44. The molecule has 0 aliphatic heterocycles. The molecule has 0 saturated heterocycles. The SMILES string of the molecule is c1ccc(-c2cc(-c3ccc(-n4c5ccccc5c5c6c(ccc54)sc4ccccc46)cc3)nc(-c3cccc4c3sc3ccccc34)c2)cc1. The van der Waals surface area contributed by atoms with Gasteiger partial charge in [0, 0.05) is 67.9 Å². The van der Waals surface area contributed by atoms with Gasteiger partial charge in [0.25, 0.3) is 0 Å². The molecule has 0 aliphatic rings. The number of pyridine rings is 1. The average molecular weight is 685 g/mol. The largest absolute Gasteiger partial charge is 0.309 e. The Morgan fingerprint density at radius 2 is 1.08 bits per heavy atom. The normalized spacial score (nSPS) is 11.9. The maximum absolute atomic E-state index is 5.37. The van der Waals surface area contributed by atoms with E-state index in [9.17, 15) is 0 Å². The van der Waals surface area contributed by atoms with Gasteiger partial charge in [-0.05, 0) is 65.7 Å². The summed E-state index contributed by atoms with van der Waals surface area (Å²) in [7, 11) is 0. The standard InChI is InChI=1S/C47H28N2S2/c1-2-11-29(12-3-1)31-27-38(48-39(28-31)35-17-10-16-34-33-13-5-8-19-42(33)51-47(34)35)30-21-23-32(24-22-30)49-40-18-7-4-14-36(40)45-41(49)25-26-44-46(45)37-15-6-9-20-43(37)50-44/h1-28H. The van der Waals surface area contributed by atoms with Gasteiger partial charge in [-0.15, -0.1) is 22.7 Å². The lowest BCUT2D eigenvalue weighted by Gasteiger charge is -2.12. The molecule has 4 aromatic heterocycles. The average Bonchev–Trinajstić information content (AvgIpc) is 3.87. The highest BCUT2D eigenvalue weighted by Gasteiger charge is 2.18. The molecule has 4 heteroatoms. The summed E-state index contributed by atoms with van der Waals surface area (Å²) in [5, 5.41) is 7.86. The summed E-state index contributed by atoms with van der Waals surface area (Å²) >= 11 is 3.72. The second-order valence-corrected chi connectivity index (χ2v) is 15.2. The number of benzene rings is 7. The Kier molecular flexibility index (Phi) is 6.32. The van der Waals surface area contributed by atoms with E-state index in [-0.39, 0.29) is 0 Å². The second kappa shape index (κ2) is 11.2. The van der Waals surface area contributed by atoms with E-state index in [0.717, 1.165) is 28.2 Å². The van der Waals surface area contributed by atoms with Crippen LogP contribution < -0.4 is 0 Å². The van der Waals surface area contributed by atoms with Crippen LogP contribution in [0, 0.1) is 0 Å². The first kappa shape index (κ1) is 28.7. The summed E-state index contributed by atoms with van der Waals surface area (Å²) in [6, 6.07) is 61.6. The number of rotatable bonds is 4. The van der Waals surface area contributed by atoms with Crippen molar-refractivity contribution in [3.63, 3.8) is 0 Å². The predicted octanol–water partition coefficient (Wildman–Crippen LogP) is 13.9. The lowest BCUT2D eigenvalue weighted by molar-refractivity contribution is 1.18. The second-order valence-electron chi connectivity index (χ2n) is 13.1. The van der Waals surface area contributed by atoms with Gasteiger partial charge >= 0.3 is 0 Å². The van der Waals surface area contributed by atoms with Crippen molar-refractivity contribution in [1.82, 2.24) is 9.55 Å². The molecule has 0 aliphatic carbocycles. The van der Waals surface area contributed by atoms with Gasteiger partial charge in [-0.25, -0.2) is 4.98 Å². The first-order valence-electron chi connectivity index (χ1n) is 17.2. The molecule has 2 nitrogen and oxygen atoms in total. The van der Waals surface area contributed by atoms with Gasteiger partial charge in [0.1, 0.15) is 0 Å². The van der Waals surface area contributed by atoms with Crippen molar-refractivity contribution in [1.29, 1.82) is 0 Å². The number of nitrogens with zero attached hydrogens (tertiary/aromatic N) is 2. The molecule has 0 amide bonds. The maximum Gasteiger partial charge on any atom is 0.0730 e. The minimum Gasteiger partial charge on any atom is -0.309 e. The van der Waals surface area contributed by atoms with E-state index in [1.54, 1.807) is 0 Å². The van der Waals surface area contributed by atoms with Gasteiger partial charge in [-0.1, -0.05) is 115 Å². The minimum atomic E-state index is 0.963. The van der Waals surface area contributed by atoms with Crippen LogP contribution in [0.2, 0.25) is 0 Å². The molecule has 0 bridgehead atoms. The highest BCUT2D eigenvalue weighted by atomic mass is 32.1. The Morgan fingerprint density at radius 1 is 0.392 bits per heavy atom. The third-order valence-corrected chi connectivity index (χ3v) is 12.6. The van der Waals surface area contributed by atoms with Gasteiger partial charge < -0.3 is 4.57 Å². The molecular formula is C47H28N2S2. The van der Waals surface area contributed by atoms with E-state index in [4.69, 9.17) is 4.98 Å².